The molecule has 2 aromatic heterocycles. The van der Waals surface area contributed by atoms with Gasteiger partial charge in [0.25, 0.3) is 0 Å². The lowest BCUT2D eigenvalue weighted by Crippen LogP contribution is -2.27. The van der Waals surface area contributed by atoms with E-state index < -0.39 is 0 Å². The number of benzene rings is 1. The fourth-order valence-corrected chi connectivity index (χ4v) is 2.78. The molecule has 0 unspecified atom stereocenters. The molecule has 0 aliphatic rings. The number of H-pyrrole nitrogens is 1. The molecule has 2 heterocycles. The summed E-state index contributed by atoms with van der Waals surface area (Å²) in [7, 11) is 0. The average molecular weight is 304 g/mol. The van der Waals surface area contributed by atoms with Crippen molar-refractivity contribution in [2.24, 2.45) is 0 Å². The van der Waals surface area contributed by atoms with Crippen LogP contribution < -0.4 is 4.90 Å². The largest absolute Gasteiger partial charge is 0.358 e. The third-order valence-corrected chi connectivity index (χ3v) is 3.85. The van der Waals surface area contributed by atoms with Crippen LogP contribution in [-0.2, 0) is 4.79 Å². The Morgan fingerprint density at radius 3 is 2.91 bits per heavy atom. The standard InChI is InChI=1S/C18H16N4O/c1-3-22(12(2)23)15-6-4-5-13(9-15)16-7-8-20-17-14(10-19)11-21-18(16)17/h4-9,11,21H,3H2,1-2H3. The average Bonchev–Trinajstić information content (AvgIpc) is 2.98. The van der Waals surface area contributed by atoms with Crippen molar-refractivity contribution in [2.45, 2.75) is 13.8 Å². The molecule has 0 atom stereocenters. The monoisotopic (exact) mass is 304 g/mol. The van der Waals surface area contributed by atoms with Crippen LogP contribution in [0.4, 0.5) is 5.69 Å². The van der Waals surface area contributed by atoms with E-state index in [9.17, 15) is 4.79 Å². The van der Waals surface area contributed by atoms with Gasteiger partial charge in [-0.3, -0.25) is 9.78 Å². The first-order chi connectivity index (χ1) is 11.2. The van der Waals surface area contributed by atoms with E-state index in [0.29, 0.717) is 17.6 Å². The number of fused-ring (bicyclic) bond motifs is 1. The van der Waals surface area contributed by atoms with Gasteiger partial charge in [0.15, 0.2) is 0 Å². The van der Waals surface area contributed by atoms with Crippen LogP contribution in [0.3, 0.4) is 0 Å². The molecule has 5 heteroatoms. The smallest absolute Gasteiger partial charge is 0.223 e. The lowest BCUT2D eigenvalue weighted by atomic mass is 10.0. The molecule has 0 fully saturated rings. The Morgan fingerprint density at radius 1 is 1.39 bits per heavy atom. The van der Waals surface area contributed by atoms with Crippen LogP contribution in [0.15, 0.2) is 42.7 Å². The van der Waals surface area contributed by atoms with E-state index >= 15 is 0 Å². The highest BCUT2D eigenvalue weighted by molar-refractivity contribution is 5.96. The lowest BCUT2D eigenvalue weighted by molar-refractivity contribution is -0.116. The van der Waals surface area contributed by atoms with Crippen molar-refractivity contribution < 1.29 is 4.79 Å². The summed E-state index contributed by atoms with van der Waals surface area (Å²) in [6.07, 6.45) is 3.36. The SMILES string of the molecule is CCN(C(C)=O)c1cccc(-c2ccnc3c(C#N)c[nH]c23)c1. The van der Waals surface area contributed by atoms with E-state index in [-0.39, 0.29) is 5.91 Å². The van der Waals surface area contributed by atoms with Crippen molar-refractivity contribution in [1.29, 1.82) is 5.26 Å². The van der Waals surface area contributed by atoms with Crippen LogP contribution in [0, 0.1) is 11.3 Å². The van der Waals surface area contributed by atoms with Crippen LogP contribution in [0.1, 0.15) is 19.4 Å². The second-order valence-corrected chi connectivity index (χ2v) is 5.21. The molecule has 0 spiro atoms. The number of hydrogen-bond acceptors (Lipinski definition) is 3. The Balaban J connectivity index is 2.15. The predicted octanol–water partition coefficient (Wildman–Crippen LogP) is 3.47. The molecule has 114 valence electrons. The number of aromatic amines is 1. The summed E-state index contributed by atoms with van der Waals surface area (Å²) in [4.78, 5) is 20.9. The number of amides is 1. The number of nitrogens with one attached hydrogen (secondary N) is 1. The minimum atomic E-state index is 0.0103. The number of carbonyl (C=O) groups is 1. The molecule has 0 saturated heterocycles. The molecule has 0 saturated carbocycles. The van der Waals surface area contributed by atoms with E-state index in [1.807, 2.05) is 37.3 Å². The normalized spacial score (nSPS) is 10.5. The van der Waals surface area contributed by atoms with Gasteiger partial charge in [-0.25, -0.2) is 0 Å². The molecular formula is C18H16N4O. The minimum absolute atomic E-state index is 0.0103. The zero-order valence-corrected chi connectivity index (χ0v) is 13.0. The van der Waals surface area contributed by atoms with Crippen molar-refractivity contribution in [3.05, 3.63) is 48.3 Å². The summed E-state index contributed by atoms with van der Waals surface area (Å²) in [5.41, 5.74) is 4.80. The third-order valence-electron chi connectivity index (χ3n) is 3.85. The van der Waals surface area contributed by atoms with Crippen LogP contribution in [0.25, 0.3) is 22.2 Å². The highest BCUT2D eigenvalue weighted by atomic mass is 16.2. The summed E-state index contributed by atoms with van der Waals surface area (Å²) in [5, 5.41) is 9.14. The topological polar surface area (TPSA) is 72.8 Å². The van der Waals surface area contributed by atoms with Gasteiger partial charge in [0.2, 0.25) is 5.91 Å². The van der Waals surface area contributed by atoms with E-state index in [2.05, 4.69) is 16.0 Å². The Hall–Kier alpha value is -3.13. The van der Waals surface area contributed by atoms with Gasteiger partial charge in [-0.1, -0.05) is 12.1 Å². The van der Waals surface area contributed by atoms with Crippen molar-refractivity contribution >= 4 is 22.6 Å². The van der Waals surface area contributed by atoms with Crippen molar-refractivity contribution in [2.75, 3.05) is 11.4 Å². The molecule has 1 aromatic carbocycles. The molecule has 1 N–H and O–H groups in total. The van der Waals surface area contributed by atoms with Crippen LogP contribution in [0.5, 0.6) is 0 Å². The molecule has 0 radical (unpaired) electrons. The molecule has 1 amide bonds. The van der Waals surface area contributed by atoms with Crippen molar-refractivity contribution in [1.82, 2.24) is 9.97 Å². The number of aromatic nitrogens is 2. The summed E-state index contributed by atoms with van der Waals surface area (Å²) >= 11 is 0. The van der Waals surface area contributed by atoms with Crippen LogP contribution in [-0.4, -0.2) is 22.4 Å². The first-order valence-corrected chi connectivity index (χ1v) is 7.40. The highest BCUT2D eigenvalue weighted by Gasteiger charge is 2.13. The number of hydrogen-bond donors (Lipinski definition) is 1. The molecule has 0 aliphatic heterocycles. The zero-order valence-electron chi connectivity index (χ0n) is 13.0. The summed E-state index contributed by atoms with van der Waals surface area (Å²) < 4.78 is 0. The van der Waals surface area contributed by atoms with Crippen LogP contribution in [0.2, 0.25) is 0 Å². The molecule has 0 aliphatic carbocycles. The van der Waals surface area contributed by atoms with Gasteiger partial charge in [0.05, 0.1) is 11.1 Å². The van der Waals surface area contributed by atoms with Crippen LogP contribution >= 0.6 is 0 Å². The second kappa shape index (κ2) is 5.93. The van der Waals surface area contributed by atoms with Gasteiger partial charge >= 0.3 is 0 Å². The fourth-order valence-electron chi connectivity index (χ4n) is 2.78. The maximum absolute atomic E-state index is 11.8. The van der Waals surface area contributed by atoms with Gasteiger partial charge in [-0.2, -0.15) is 5.26 Å². The van der Waals surface area contributed by atoms with E-state index in [4.69, 9.17) is 5.26 Å². The lowest BCUT2D eigenvalue weighted by Gasteiger charge is -2.19. The summed E-state index contributed by atoms with van der Waals surface area (Å²) in [6.45, 7) is 4.12. The first-order valence-electron chi connectivity index (χ1n) is 7.40. The molecular weight excluding hydrogens is 288 g/mol. The van der Waals surface area contributed by atoms with Crippen molar-refractivity contribution in [3.63, 3.8) is 0 Å². The Labute approximate surface area is 134 Å². The number of nitriles is 1. The Kier molecular flexibility index (Phi) is 3.82. The van der Waals surface area contributed by atoms with E-state index in [1.165, 1.54) is 0 Å². The van der Waals surface area contributed by atoms with Gasteiger partial charge in [0.1, 0.15) is 11.6 Å². The maximum atomic E-state index is 11.8. The third kappa shape index (κ3) is 2.55. The van der Waals surface area contributed by atoms with Crippen molar-refractivity contribution in [3.8, 4) is 17.2 Å². The quantitative estimate of drug-likeness (QED) is 0.805. The highest BCUT2D eigenvalue weighted by Crippen LogP contribution is 2.30. The van der Waals surface area contributed by atoms with E-state index in [1.54, 1.807) is 24.2 Å². The number of pyridine rings is 1. The molecule has 3 rings (SSSR count). The molecule has 0 bridgehead atoms. The fraction of sp³-hybridized carbons (Fsp3) is 0.167. The molecule has 3 aromatic rings. The summed E-state index contributed by atoms with van der Waals surface area (Å²) in [5.74, 6) is 0.0103. The summed E-state index contributed by atoms with van der Waals surface area (Å²) in [6, 6.07) is 11.9. The number of rotatable bonds is 3. The van der Waals surface area contributed by atoms with Gasteiger partial charge in [-0.15, -0.1) is 0 Å². The van der Waals surface area contributed by atoms with E-state index in [0.717, 1.165) is 22.3 Å². The Morgan fingerprint density at radius 2 is 2.22 bits per heavy atom. The number of anilines is 1. The Bertz CT molecular complexity index is 920. The maximum Gasteiger partial charge on any atom is 0.223 e. The first kappa shape index (κ1) is 14.8. The second-order valence-electron chi connectivity index (χ2n) is 5.21. The molecule has 23 heavy (non-hydrogen) atoms. The predicted molar refractivity (Wildman–Crippen MR) is 89.9 cm³/mol. The van der Waals surface area contributed by atoms with Gasteiger partial charge in [0, 0.05) is 37.1 Å². The number of nitrogens with zero attached hydrogens (tertiary/aromatic N) is 3. The zero-order chi connectivity index (χ0) is 16.4. The molecule has 5 nitrogen and oxygen atoms in total. The van der Waals surface area contributed by atoms with Gasteiger partial charge < -0.3 is 9.88 Å². The minimum Gasteiger partial charge on any atom is -0.358 e. The van der Waals surface area contributed by atoms with Gasteiger partial charge in [-0.05, 0) is 30.7 Å². The number of carbonyl (C=O) groups excluding carboxylic acids is 1.